The summed E-state index contributed by atoms with van der Waals surface area (Å²) in [5.74, 6) is -2.39. The Morgan fingerprint density at radius 3 is 2.54 bits per heavy atom. The summed E-state index contributed by atoms with van der Waals surface area (Å²) in [5.41, 5.74) is 12.0. The average molecular weight is 541 g/mol. The summed E-state index contributed by atoms with van der Waals surface area (Å²) in [6.07, 6.45) is 4.76. The number of H-pyrrole nitrogens is 1. The summed E-state index contributed by atoms with van der Waals surface area (Å²) in [7, 11) is 0. The molecule has 1 amide bonds. The molecule has 2 aromatic heterocycles. The Morgan fingerprint density at radius 2 is 1.82 bits per heavy atom. The van der Waals surface area contributed by atoms with Gasteiger partial charge in [-0.15, -0.1) is 0 Å². The van der Waals surface area contributed by atoms with Gasteiger partial charge in [0.2, 0.25) is 5.95 Å². The average Bonchev–Trinajstić information content (AvgIpc) is 2.91. The van der Waals surface area contributed by atoms with Crippen LogP contribution in [0.3, 0.4) is 0 Å². The van der Waals surface area contributed by atoms with Crippen LogP contribution in [-0.4, -0.2) is 62.1 Å². The summed E-state index contributed by atoms with van der Waals surface area (Å²) in [6, 6.07) is 5.09. The molecule has 2 heterocycles. The molecule has 0 fully saturated rings. The summed E-state index contributed by atoms with van der Waals surface area (Å²) in [5, 5.41) is 15.0. The second-order valence-corrected chi connectivity index (χ2v) is 8.74. The van der Waals surface area contributed by atoms with Gasteiger partial charge in [0.25, 0.3) is 11.5 Å². The van der Waals surface area contributed by atoms with Crippen LogP contribution in [0.4, 0.5) is 11.6 Å². The third kappa shape index (κ3) is 9.03. The van der Waals surface area contributed by atoms with E-state index in [2.05, 4.69) is 30.6 Å². The maximum atomic E-state index is 12.6. The number of carbonyl (C=O) groups is 3. The van der Waals surface area contributed by atoms with Crippen molar-refractivity contribution < 1.29 is 24.2 Å². The largest absolute Gasteiger partial charge is 0.480 e. The number of amides is 1. The molecule has 3 aromatic rings. The Kier molecular flexibility index (Phi) is 10.7. The number of rotatable bonds is 15. The van der Waals surface area contributed by atoms with E-state index < -0.39 is 29.4 Å². The molecular formula is C25H32N8O6. The number of aromatic amines is 1. The monoisotopic (exact) mass is 540 g/mol. The number of unbranched alkanes of at least 4 members (excludes halogenated alkanes) is 3. The van der Waals surface area contributed by atoms with Gasteiger partial charge in [-0.05, 0) is 50.1 Å². The molecule has 1 atom stereocenters. The van der Waals surface area contributed by atoms with Crippen LogP contribution in [-0.2, 0) is 20.9 Å². The number of nitrogens with zero attached hydrogens (tertiary/aromatic N) is 3. The highest BCUT2D eigenvalue weighted by molar-refractivity contribution is 5.97. The second-order valence-electron chi connectivity index (χ2n) is 8.74. The topological polar surface area (TPSA) is 228 Å². The zero-order valence-corrected chi connectivity index (χ0v) is 21.3. The number of carboxylic acid groups (broad SMARTS) is 1. The van der Waals surface area contributed by atoms with Crippen molar-refractivity contribution in [1.82, 2.24) is 25.3 Å². The third-order valence-corrected chi connectivity index (χ3v) is 5.71. The smallest absolute Gasteiger partial charge is 0.326 e. The first kappa shape index (κ1) is 29.0. The second kappa shape index (κ2) is 14.4. The number of aromatic nitrogens is 4. The van der Waals surface area contributed by atoms with Gasteiger partial charge in [-0.3, -0.25) is 19.4 Å². The number of hydrogen-bond donors (Lipinski definition) is 6. The number of benzene rings is 1. The molecule has 8 N–H and O–H groups in total. The normalized spacial score (nSPS) is 11.6. The van der Waals surface area contributed by atoms with Crippen molar-refractivity contribution in [3.63, 3.8) is 0 Å². The van der Waals surface area contributed by atoms with E-state index in [9.17, 15) is 24.3 Å². The van der Waals surface area contributed by atoms with Gasteiger partial charge < -0.3 is 31.9 Å². The van der Waals surface area contributed by atoms with Crippen molar-refractivity contribution in [3.8, 4) is 0 Å². The minimum absolute atomic E-state index is 0.0470. The lowest BCUT2D eigenvalue weighted by Gasteiger charge is -2.14. The number of carboxylic acids is 1. The van der Waals surface area contributed by atoms with E-state index in [0.29, 0.717) is 17.9 Å². The predicted molar refractivity (Wildman–Crippen MR) is 143 cm³/mol. The fourth-order valence-electron chi connectivity index (χ4n) is 3.61. The van der Waals surface area contributed by atoms with Crippen molar-refractivity contribution in [1.29, 1.82) is 0 Å². The molecule has 0 spiro atoms. The SMILES string of the molecule is NCCCCCCOC(=O)CC[C@H](NC(=O)c1ccc(NCc2cnc3nc(N)[nH]c(=O)c3n2)cc1)C(=O)O. The number of hydrogen-bond acceptors (Lipinski definition) is 11. The Morgan fingerprint density at radius 1 is 1.08 bits per heavy atom. The fourth-order valence-corrected chi connectivity index (χ4v) is 3.61. The van der Waals surface area contributed by atoms with Gasteiger partial charge >= 0.3 is 11.9 Å². The summed E-state index contributed by atoms with van der Waals surface area (Å²) < 4.78 is 5.13. The van der Waals surface area contributed by atoms with Gasteiger partial charge in [0, 0.05) is 17.7 Å². The highest BCUT2D eigenvalue weighted by Crippen LogP contribution is 2.12. The van der Waals surface area contributed by atoms with E-state index in [-0.39, 0.29) is 48.7 Å². The number of nitrogen functional groups attached to an aromatic ring is 1. The quantitative estimate of drug-likeness (QED) is 0.117. The van der Waals surface area contributed by atoms with Crippen LogP contribution in [0.5, 0.6) is 0 Å². The first-order valence-electron chi connectivity index (χ1n) is 12.5. The van der Waals surface area contributed by atoms with Crippen molar-refractivity contribution in [3.05, 3.63) is 52.1 Å². The van der Waals surface area contributed by atoms with Crippen molar-refractivity contribution >= 4 is 40.6 Å². The van der Waals surface area contributed by atoms with Crippen molar-refractivity contribution in [2.24, 2.45) is 5.73 Å². The Balaban J connectivity index is 1.47. The zero-order valence-electron chi connectivity index (χ0n) is 21.3. The number of fused-ring (bicyclic) bond motifs is 1. The van der Waals surface area contributed by atoms with Gasteiger partial charge in [0.15, 0.2) is 11.2 Å². The van der Waals surface area contributed by atoms with E-state index in [1.54, 1.807) is 12.1 Å². The van der Waals surface area contributed by atoms with Gasteiger partial charge in [0.1, 0.15) is 6.04 Å². The van der Waals surface area contributed by atoms with E-state index >= 15 is 0 Å². The Bertz CT molecular complexity index is 1340. The maximum absolute atomic E-state index is 12.6. The van der Waals surface area contributed by atoms with Crippen molar-refractivity contribution in [2.45, 2.75) is 51.1 Å². The number of aliphatic carboxylic acids is 1. The lowest BCUT2D eigenvalue weighted by atomic mass is 10.1. The standard InChI is InChI=1S/C25H32N8O6/c26-11-3-1-2-4-12-39-19(34)10-9-18(24(37)38)31-22(35)15-5-7-16(8-6-15)28-13-17-14-29-21-20(30-17)23(36)33-25(27)32-21/h5-8,14,18,28H,1-4,9-13,26H2,(H,31,35)(H,37,38)(H3,27,29,32,33,36)/t18-/m0/s1. The molecular weight excluding hydrogens is 508 g/mol. The zero-order chi connectivity index (χ0) is 28.2. The molecule has 0 bridgehead atoms. The van der Waals surface area contributed by atoms with Gasteiger partial charge in [-0.1, -0.05) is 12.8 Å². The molecule has 3 rings (SSSR count). The van der Waals surface area contributed by atoms with Crippen LogP contribution in [0, 0.1) is 0 Å². The highest BCUT2D eigenvalue weighted by atomic mass is 16.5. The van der Waals surface area contributed by atoms with Crippen molar-refractivity contribution in [2.75, 3.05) is 24.2 Å². The molecule has 14 nitrogen and oxygen atoms in total. The Labute approximate surface area is 223 Å². The highest BCUT2D eigenvalue weighted by Gasteiger charge is 2.22. The first-order valence-corrected chi connectivity index (χ1v) is 12.5. The molecule has 208 valence electrons. The number of carbonyl (C=O) groups excluding carboxylic acids is 2. The van der Waals surface area contributed by atoms with E-state index in [1.807, 2.05) is 0 Å². The number of esters is 1. The fraction of sp³-hybridized carbons (Fsp3) is 0.400. The lowest BCUT2D eigenvalue weighted by molar-refractivity contribution is -0.144. The van der Waals surface area contributed by atoms with Crippen LogP contribution in [0.1, 0.15) is 54.6 Å². The molecule has 39 heavy (non-hydrogen) atoms. The summed E-state index contributed by atoms with van der Waals surface area (Å²) >= 11 is 0. The minimum Gasteiger partial charge on any atom is -0.480 e. The summed E-state index contributed by atoms with van der Waals surface area (Å²) in [6.45, 7) is 1.14. The molecule has 0 aliphatic carbocycles. The molecule has 0 radical (unpaired) electrons. The van der Waals surface area contributed by atoms with Crippen LogP contribution in [0.25, 0.3) is 11.2 Å². The maximum Gasteiger partial charge on any atom is 0.326 e. The third-order valence-electron chi connectivity index (χ3n) is 5.71. The number of nitrogens with two attached hydrogens (primary N) is 2. The van der Waals surface area contributed by atoms with E-state index in [1.165, 1.54) is 18.3 Å². The molecule has 0 saturated carbocycles. The molecule has 0 unspecified atom stereocenters. The predicted octanol–water partition coefficient (Wildman–Crippen LogP) is 0.933. The van der Waals surface area contributed by atoms with Crippen LogP contribution in [0.15, 0.2) is 35.3 Å². The Hall–Kier alpha value is -4.59. The van der Waals surface area contributed by atoms with Crippen LogP contribution in [0.2, 0.25) is 0 Å². The van der Waals surface area contributed by atoms with Gasteiger partial charge in [0.05, 0.1) is 25.0 Å². The van der Waals surface area contributed by atoms with E-state index in [4.69, 9.17) is 16.2 Å². The van der Waals surface area contributed by atoms with Gasteiger partial charge in [-0.25, -0.2) is 14.8 Å². The van der Waals surface area contributed by atoms with E-state index in [0.717, 1.165) is 25.7 Å². The molecule has 0 aliphatic rings. The molecule has 0 saturated heterocycles. The number of anilines is 2. The van der Waals surface area contributed by atoms with Crippen LogP contribution < -0.4 is 27.7 Å². The number of ether oxygens (including phenoxy) is 1. The molecule has 1 aromatic carbocycles. The number of nitrogens with one attached hydrogen (secondary N) is 3. The van der Waals surface area contributed by atoms with Crippen LogP contribution >= 0.6 is 0 Å². The van der Waals surface area contributed by atoms with Gasteiger partial charge in [-0.2, -0.15) is 4.98 Å². The summed E-state index contributed by atoms with van der Waals surface area (Å²) in [4.78, 5) is 62.8. The molecule has 14 heteroatoms. The first-order chi connectivity index (χ1) is 18.8. The molecule has 0 aliphatic heterocycles. The minimum atomic E-state index is -1.25. The lowest BCUT2D eigenvalue weighted by Crippen LogP contribution is -2.41.